The van der Waals surface area contributed by atoms with Gasteiger partial charge in [0.2, 0.25) is 0 Å². The fourth-order valence-corrected chi connectivity index (χ4v) is 8.41. The molecule has 386 valence electrons. The number of carbonyl (C=O) groups excluding carboxylic acids is 2. The van der Waals surface area contributed by atoms with Crippen LogP contribution >= 0.6 is 0 Å². The molecule has 1 N–H and O–H groups in total. The number of aromatic nitrogens is 7. The second-order valence-corrected chi connectivity index (χ2v) is 27.2. The number of fused-ring (bicyclic) bond motifs is 2. The van der Waals surface area contributed by atoms with Gasteiger partial charge in [-0.2, -0.15) is 47.9 Å². The highest BCUT2D eigenvalue weighted by Crippen LogP contribution is 2.55. The van der Waals surface area contributed by atoms with Gasteiger partial charge in [0.1, 0.15) is 23.5 Å². The van der Waals surface area contributed by atoms with Crippen LogP contribution in [0, 0.1) is 10.8 Å². The first kappa shape index (κ1) is 54.9. The van der Waals surface area contributed by atoms with Crippen molar-refractivity contribution in [1.82, 2.24) is 34.1 Å². The van der Waals surface area contributed by atoms with Gasteiger partial charge in [-0.15, -0.1) is 0 Å². The first-order chi connectivity index (χ1) is 33.1. The second-order valence-electron chi connectivity index (χ2n) is 20.0. The summed E-state index contributed by atoms with van der Waals surface area (Å²) in [5.41, 5.74) is 3.42. The minimum absolute atomic E-state index is 0.0137. The molecule has 0 aliphatic carbocycles. The van der Waals surface area contributed by atoms with Gasteiger partial charge in [0.25, 0.3) is 0 Å². The van der Waals surface area contributed by atoms with Gasteiger partial charge >= 0.3 is 33.4 Å². The quantitative estimate of drug-likeness (QED) is 0.0344. The molecule has 0 unspecified atom stereocenters. The van der Waals surface area contributed by atoms with Crippen molar-refractivity contribution in [3.63, 3.8) is 0 Å². The lowest BCUT2D eigenvalue weighted by Crippen LogP contribution is -2.63. The second kappa shape index (κ2) is 19.6. The summed E-state index contributed by atoms with van der Waals surface area (Å²) in [5, 5.41) is -7.03. The van der Waals surface area contributed by atoms with Crippen molar-refractivity contribution in [3.05, 3.63) is 109 Å². The fraction of sp³-hybridized carbons (Fsp3) is 0.375. The van der Waals surface area contributed by atoms with E-state index in [1.165, 1.54) is 12.3 Å². The lowest BCUT2D eigenvalue weighted by atomic mass is 9.87. The fourth-order valence-electron chi connectivity index (χ4n) is 6.74. The highest BCUT2D eigenvalue weighted by molar-refractivity contribution is 7.88. The predicted octanol–water partition coefficient (Wildman–Crippen LogP) is 12.4. The zero-order chi connectivity index (χ0) is 53.6. The van der Waals surface area contributed by atoms with Gasteiger partial charge < -0.3 is 23.0 Å². The van der Waals surface area contributed by atoms with Crippen molar-refractivity contribution in [2.45, 2.75) is 97.2 Å². The van der Waals surface area contributed by atoms with Crippen LogP contribution in [-0.4, -0.2) is 92.0 Å². The lowest BCUT2D eigenvalue weighted by molar-refractivity contribution is -0.382. The molecular weight excluding hydrogens is 1000 g/mol. The molecule has 0 radical (unpaired) electrons. The van der Waals surface area contributed by atoms with Crippen LogP contribution in [-0.2, 0) is 21.6 Å². The average molecular weight is 1050 g/mol. The number of rotatable bonds is 15. The van der Waals surface area contributed by atoms with Gasteiger partial charge in [0.05, 0.1) is 34.9 Å². The van der Waals surface area contributed by atoms with Crippen molar-refractivity contribution in [2.75, 3.05) is 6.61 Å². The summed E-state index contributed by atoms with van der Waals surface area (Å²) in [4.78, 5) is 46.9. The third-order valence-electron chi connectivity index (χ3n) is 10.8. The number of hydrogen-bond donors (Lipinski definition) is 1. The van der Waals surface area contributed by atoms with Gasteiger partial charge in [-0.1, -0.05) is 85.4 Å². The number of hydrogen-bond acceptors (Lipinski definition) is 10. The Hall–Kier alpha value is -6.40. The summed E-state index contributed by atoms with van der Waals surface area (Å²) in [6, 6.07) is 16.5. The Kier molecular flexibility index (Phi) is 14.9. The summed E-state index contributed by atoms with van der Waals surface area (Å²) < 4.78 is 157. The molecule has 0 amide bonds. The summed E-state index contributed by atoms with van der Waals surface area (Å²) in [7, 11) is -8.57. The van der Waals surface area contributed by atoms with Crippen LogP contribution in [0.25, 0.3) is 50.5 Å². The van der Waals surface area contributed by atoms with Gasteiger partial charge in [-0.3, -0.25) is 9.59 Å². The molecule has 2 aromatic carbocycles. The van der Waals surface area contributed by atoms with E-state index in [4.69, 9.17) is 9.72 Å². The highest BCUT2D eigenvalue weighted by Gasteiger charge is 2.86. The minimum atomic E-state index is -7.45. The predicted molar refractivity (Wildman–Crippen MR) is 254 cm³/mol. The third kappa shape index (κ3) is 11.3. The maximum Gasteiger partial charge on any atom is 0.460 e. The van der Waals surface area contributed by atoms with Crippen LogP contribution in [0.3, 0.4) is 0 Å². The van der Waals surface area contributed by atoms with Crippen molar-refractivity contribution >= 4 is 52.1 Å². The molecule has 0 bridgehead atoms. The molecule has 0 saturated carbocycles. The number of carbonyl (C=O) groups is 2. The molecule has 0 aliphatic heterocycles. The Balaban J connectivity index is 0.000000272. The molecule has 7 aromatic rings. The van der Waals surface area contributed by atoms with Crippen molar-refractivity contribution in [3.8, 4) is 34.0 Å². The van der Waals surface area contributed by atoms with Gasteiger partial charge in [-0.05, 0) is 42.4 Å². The highest BCUT2D eigenvalue weighted by atomic mass is 32.2. The van der Waals surface area contributed by atoms with E-state index in [1.54, 1.807) is 37.7 Å². The van der Waals surface area contributed by atoms with E-state index >= 15 is 0 Å². The smallest absolute Gasteiger partial charge is 0.378 e. The first-order valence-corrected chi connectivity index (χ1v) is 27.0. The molecule has 0 aliphatic rings. The molecule has 0 fully saturated rings. The standard InChI is InChI=1S/C27H30F9N3O5SSi.C21H20N4O/c1-23(2,3)21(40)18-14-39(15-43-10-11-46(4,5)6)22-20(18)38-19(13-37-22)16-8-7-9-17(12-16)44-45(41,42)27(35,36)25(30,31)24(28,29)26(32,33)34;1-21(2,3)19(26)16-12-22-20-18(16)24-17(13-23-20)14-7-6-8-15(11-14)25-9-4-5-10-25/h7-9,12-14H,10-11,15H2,1-6H3;4-13H,1-3H3,(H,22,23). The Morgan fingerprint density at radius 3 is 1.85 bits per heavy atom. The van der Waals surface area contributed by atoms with E-state index in [1.807, 2.05) is 68.1 Å². The van der Waals surface area contributed by atoms with E-state index < -0.39 is 58.0 Å². The average Bonchev–Trinajstić information content (AvgIpc) is 4.05. The number of nitrogens with zero attached hydrogens (tertiary/aromatic N) is 6. The third-order valence-corrected chi connectivity index (χ3v) is 13.8. The number of halogens is 9. The zero-order valence-corrected chi connectivity index (χ0v) is 42.1. The zero-order valence-electron chi connectivity index (χ0n) is 40.3. The Bertz CT molecular complexity index is 3230. The largest absolute Gasteiger partial charge is 0.460 e. The number of Topliss-reactive ketones (excluding diaryl/α,β-unsaturated/α-hetero) is 2. The van der Waals surface area contributed by atoms with Gasteiger partial charge in [-0.25, -0.2) is 19.9 Å². The van der Waals surface area contributed by atoms with Gasteiger partial charge in [0, 0.05) is 67.1 Å². The van der Waals surface area contributed by atoms with Crippen molar-refractivity contribution < 1.29 is 66.4 Å². The van der Waals surface area contributed by atoms with E-state index in [0.717, 1.165) is 35.3 Å². The van der Waals surface area contributed by atoms with Crippen LogP contribution in [0.2, 0.25) is 25.7 Å². The van der Waals surface area contributed by atoms with Crippen LogP contribution in [0.15, 0.2) is 97.8 Å². The van der Waals surface area contributed by atoms with Crippen LogP contribution < -0.4 is 4.18 Å². The minimum Gasteiger partial charge on any atom is -0.378 e. The summed E-state index contributed by atoms with van der Waals surface area (Å²) in [6.07, 6.45) is 2.85. The van der Waals surface area contributed by atoms with Gasteiger partial charge in [0.15, 0.2) is 22.9 Å². The number of alkyl halides is 9. The SMILES string of the molecule is CC(C)(C)C(=O)c1c[nH]c2ncc(-c3cccc(-n4cccc4)c3)nc12.CC(C)(C)C(=O)c1cn(COCC[Si](C)(C)C)c2ncc(-c3cccc(OS(=O)(=O)C(F)(F)C(F)(F)C(F)(F)C(F)(F)F)c3)nc12. The molecule has 5 heterocycles. The number of aromatic amines is 1. The molecule has 13 nitrogen and oxygen atoms in total. The maximum atomic E-state index is 14.2. The topological polar surface area (TPSA) is 164 Å². The molecule has 0 saturated heterocycles. The van der Waals surface area contributed by atoms with Crippen LogP contribution in [0.5, 0.6) is 5.75 Å². The number of H-pyrrole nitrogens is 1. The summed E-state index contributed by atoms with van der Waals surface area (Å²) in [6.45, 7) is 17.6. The molecular formula is C48H50F9N7O6SSi. The number of benzene rings is 2. The molecule has 72 heavy (non-hydrogen) atoms. The van der Waals surface area contributed by atoms with Crippen LogP contribution in [0.1, 0.15) is 62.3 Å². The summed E-state index contributed by atoms with van der Waals surface area (Å²) in [5.74, 6) is -16.3. The monoisotopic (exact) mass is 1050 g/mol. The Morgan fingerprint density at radius 2 is 1.26 bits per heavy atom. The molecule has 0 spiro atoms. The molecule has 24 heteroatoms. The Morgan fingerprint density at radius 1 is 0.708 bits per heavy atom. The lowest BCUT2D eigenvalue weighted by Gasteiger charge is -2.32. The Labute approximate surface area is 409 Å². The van der Waals surface area contributed by atoms with Crippen molar-refractivity contribution in [1.29, 1.82) is 0 Å². The van der Waals surface area contributed by atoms with E-state index in [-0.39, 0.29) is 46.3 Å². The number of ether oxygens (including phenoxy) is 1. The van der Waals surface area contributed by atoms with E-state index in [0.29, 0.717) is 35.5 Å². The summed E-state index contributed by atoms with van der Waals surface area (Å²) >= 11 is 0. The first-order valence-electron chi connectivity index (χ1n) is 21.9. The number of ketones is 2. The normalized spacial score (nSPS) is 13.3. The maximum absolute atomic E-state index is 14.2. The van der Waals surface area contributed by atoms with Crippen LogP contribution in [0.4, 0.5) is 39.5 Å². The molecule has 0 atom stereocenters. The molecule has 7 rings (SSSR count). The van der Waals surface area contributed by atoms with E-state index in [2.05, 4.69) is 49.8 Å². The molecule has 5 aromatic heterocycles. The van der Waals surface area contributed by atoms with Crippen molar-refractivity contribution in [2.24, 2.45) is 10.8 Å². The van der Waals surface area contributed by atoms with E-state index in [9.17, 15) is 57.5 Å². The number of nitrogens with one attached hydrogen (secondary N) is 1.